The van der Waals surface area contributed by atoms with Crippen molar-refractivity contribution in [2.75, 3.05) is 11.9 Å². The van der Waals surface area contributed by atoms with E-state index >= 15 is 0 Å². The molecule has 0 saturated carbocycles. The quantitative estimate of drug-likeness (QED) is 0.757. The van der Waals surface area contributed by atoms with Crippen LogP contribution >= 0.6 is 0 Å². The average Bonchev–Trinajstić information content (AvgIpc) is 2.39. The Labute approximate surface area is 95.4 Å². The predicted molar refractivity (Wildman–Crippen MR) is 65.7 cm³/mol. The number of para-hydroxylation sites is 1. The summed E-state index contributed by atoms with van der Waals surface area (Å²) in [6, 6.07) is 19.8. The van der Waals surface area contributed by atoms with E-state index in [1.807, 2.05) is 49.5 Å². The third kappa shape index (κ3) is 2.04. The van der Waals surface area contributed by atoms with Crippen molar-refractivity contribution in [3.63, 3.8) is 0 Å². The SMILES string of the molecule is CN(c1ccccc1)c1ccc(C#N)cc1. The molecule has 0 N–H and O–H groups in total. The first-order chi connectivity index (χ1) is 7.81. The molecule has 2 heteroatoms. The van der Waals surface area contributed by atoms with Crippen molar-refractivity contribution < 1.29 is 0 Å². The van der Waals surface area contributed by atoms with Gasteiger partial charge < -0.3 is 4.90 Å². The summed E-state index contributed by atoms with van der Waals surface area (Å²) in [7, 11) is 2.01. The molecule has 0 radical (unpaired) electrons. The minimum atomic E-state index is 0.685. The molecule has 0 unspecified atom stereocenters. The van der Waals surface area contributed by atoms with Gasteiger partial charge in [-0.3, -0.25) is 0 Å². The van der Waals surface area contributed by atoms with Crippen molar-refractivity contribution in [2.45, 2.75) is 0 Å². The van der Waals surface area contributed by atoms with Crippen molar-refractivity contribution >= 4 is 11.4 Å². The number of hydrogen-bond donors (Lipinski definition) is 0. The number of nitrogens with zero attached hydrogens (tertiary/aromatic N) is 2. The highest BCUT2D eigenvalue weighted by atomic mass is 15.1. The number of benzene rings is 2. The fourth-order valence-electron chi connectivity index (χ4n) is 1.56. The maximum absolute atomic E-state index is 8.72. The number of rotatable bonds is 2. The van der Waals surface area contributed by atoms with Crippen molar-refractivity contribution in [1.29, 1.82) is 5.26 Å². The number of anilines is 2. The van der Waals surface area contributed by atoms with E-state index in [0.29, 0.717) is 5.56 Å². The second-order valence-electron chi connectivity index (χ2n) is 3.55. The molecule has 0 aliphatic carbocycles. The number of hydrogen-bond acceptors (Lipinski definition) is 2. The van der Waals surface area contributed by atoms with Gasteiger partial charge in [-0.25, -0.2) is 0 Å². The second kappa shape index (κ2) is 4.50. The molecule has 0 spiro atoms. The summed E-state index contributed by atoms with van der Waals surface area (Å²) in [4.78, 5) is 2.08. The molecule has 78 valence electrons. The lowest BCUT2D eigenvalue weighted by atomic mass is 10.2. The van der Waals surface area contributed by atoms with Gasteiger partial charge in [-0.15, -0.1) is 0 Å². The maximum Gasteiger partial charge on any atom is 0.0991 e. The van der Waals surface area contributed by atoms with Gasteiger partial charge >= 0.3 is 0 Å². The molecule has 0 aromatic heterocycles. The van der Waals surface area contributed by atoms with Crippen LogP contribution in [-0.2, 0) is 0 Å². The van der Waals surface area contributed by atoms with E-state index in [9.17, 15) is 0 Å². The standard InChI is InChI=1S/C14H12N2/c1-16(13-5-3-2-4-6-13)14-9-7-12(11-15)8-10-14/h2-10H,1H3. The molecule has 0 aliphatic rings. The van der Waals surface area contributed by atoms with Gasteiger partial charge in [0.25, 0.3) is 0 Å². The molecule has 0 aliphatic heterocycles. The van der Waals surface area contributed by atoms with Crippen LogP contribution in [0.4, 0.5) is 11.4 Å². The fraction of sp³-hybridized carbons (Fsp3) is 0.0714. The largest absolute Gasteiger partial charge is 0.345 e. The van der Waals surface area contributed by atoms with E-state index in [4.69, 9.17) is 5.26 Å². The Balaban J connectivity index is 2.28. The lowest BCUT2D eigenvalue weighted by molar-refractivity contribution is 1.21. The minimum absolute atomic E-state index is 0.685. The first-order valence-corrected chi connectivity index (χ1v) is 5.10. The molecule has 0 fully saturated rings. The Bertz CT molecular complexity index is 495. The van der Waals surface area contributed by atoms with Gasteiger partial charge in [0.05, 0.1) is 11.6 Å². The highest BCUT2D eigenvalue weighted by molar-refractivity contribution is 5.62. The zero-order chi connectivity index (χ0) is 11.4. The molecule has 2 nitrogen and oxygen atoms in total. The third-order valence-electron chi connectivity index (χ3n) is 2.53. The molecule has 0 heterocycles. The van der Waals surface area contributed by atoms with Gasteiger partial charge in [0.2, 0.25) is 0 Å². The van der Waals surface area contributed by atoms with Crippen molar-refractivity contribution in [3.05, 3.63) is 60.2 Å². The molecule has 16 heavy (non-hydrogen) atoms. The van der Waals surface area contributed by atoms with Crippen LogP contribution in [0.3, 0.4) is 0 Å². The van der Waals surface area contributed by atoms with Crippen LogP contribution in [0, 0.1) is 11.3 Å². The summed E-state index contributed by atoms with van der Waals surface area (Å²) in [5.74, 6) is 0. The van der Waals surface area contributed by atoms with Gasteiger partial charge in [-0.2, -0.15) is 5.26 Å². The van der Waals surface area contributed by atoms with E-state index in [1.54, 1.807) is 0 Å². The highest BCUT2D eigenvalue weighted by Gasteiger charge is 2.02. The van der Waals surface area contributed by atoms with E-state index in [-0.39, 0.29) is 0 Å². The zero-order valence-electron chi connectivity index (χ0n) is 9.09. The molecule has 0 amide bonds. The summed E-state index contributed by atoms with van der Waals surface area (Å²) >= 11 is 0. The molecular formula is C14H12N2. The zero-order valence-corrected chi connectivity index (χ0v) is 9.09. The van der Waals surface area contributed by atoms with E-state index in [0.717, 1.165) is 11.4 Å². The van der Waals surface area contributed by atoms with Gasteiger partial charge in [-0.1, -0.05) is 18.2 Å². The lowest BCUT2D eigenvalue weighted by Gasteiger charge is -2.19. The van der Waals surface area contributed by atoms with E-state index < -0.39 is 0 Å². The second-order valence-corrected chi connectivity index (χ2v) is 3.55. The lowest BCUT2D eigenvalue weighted by Crippen LogP contribution is -2.08. The van der Waals surface area contributed by atoms with Crippen LogP contribution < -0.4 is 4.90 Å². The summed E-state index contributed by atoms with van der Waals surface area (Å²) in [6.07, 6.45) is 0. The monoisotopic (exact) mass is 208 g/mol. The minimum Gasteiger partial charge on any atom is -0.345 e. The smallest absolute Gasteiger partial charge is 0.0991 e. The van der Waals surface area contributed by atoms with Gasteiger partial charge in [-0.05, 0) is 36.4 Å². The van der Waals surface area contributed by atoms with E-state index in [2.05, 4.69) is 23.1 Å². The Kier molecular flexibility index (Phi) is 2.88. The number of nitriles is 1. The Morgan fingerprint density at radius 2 is 1.44 bits per heavy atom. The normalized spacial score (nSPS) is 9.50. The van der Waals surface area contributed by atoms with Crippen LogP contribution in [0.1, 0.15) is 5.56 Å². The first kappa shape index (κ1) is 10.3. The molecule has 2 aromatic carbocycles. The van der Waals surface area contributed by atoms with Crippen LogP contribution in [0.25, 0.3) is 0 Å². The van der Waals surface area contributed by atoms with Gasteiger partial charge in [0.15, 0.2) is 0 Å². The van der Waals surface area contributed by atoms with Crippen LogP contribution in [0.2, 0.25) is 0 Å². The Hall–Kier alpha value is -2.27. The summed E-state index contributed by atoms with van der Waals surface area (Å²) in [5, 5.41) is 8.72. The average molecular weight is 208 g/mol. The summed E-state index contributed by atoms with van der Waals surface area (Å²) in [6.45, 7) is 0. The molecular weight excluding hydrogens is 196 g/mol. The molecule has 2 rings (SSSR count). The van der Waals surface area contributed by atoms with Gasteiger partial charge in [0.1, 0.15) is 0 Å². The van der Waals surface area contributed by atoms with Crippen LogP contribution in [0.5, 0.6) is 0 Å². The van der Waals surface area contributed by atoms with Crippen LogP contribution in [-0.4, -0.2) is 7.05 Å². The molecule has 0 atom stereocenters. The van der Waals surface area contributed by atoms with E-state index in [1.165, 1.54) is 0 Å². The Morgan fingerprint density at radius 3 is 2.00 bits per heavy atom. The van der Waals surface area contributed by atoms with Gasteiger partial charge in [0, 0.05) is 18.4 Å². The summed E-state index contributed by atoms with van der Waals surface area (Å²) in [5.41, 5.74) is 2.89. The summed E-state index contributed by atoms with van der Waals surface area (Å²) < 4.78 is 0. The highest BCUT2D eigenvalue weighted by Crippen LogP contribution is 2.22. The third-order valence-corrected chi connectivity index (χ3v) is 2.53. The molecule has 2 aromatic rings. The maximum atomic E-state index is 8.72. The van der Waals surface area contributed by atoms with Crippen molar-refractivity contribution in [1.82, 2.24) is 0 Å². The molecule has 0 bridgehead atoms. The van der Waals surface area contributed by atoms with Crippen molar-refractivity contribution in [2.24, 2.45) is 0 Å². The fourth-order valence-corrected chi connectivity index (χ4v) is 1.56. The van der Waals surface area contributed by atoms with Crippen molar-refractivity contribution in [3.8, 4) is 6.07 Å². The predicted octanol–water partition coefficient (Wildman–Crippen LogP) is 3.33. The topological polar surface area (TPSA) is 27.0 Å². The first-order valence-electron chi connectivity index (χ1n) is 5.10. The Morgan fingerprint density at radius 1 is 0.875 bits per heavy atom. The van der Waals surface area contributed by atoms with Crippen LogP contribution in [0.15, 0.2) is 54.6 Å². The molecule has 0 saturated heterocycles.